The summed E-state index contributed by atoms with van der Waals surface area (Å²) in [5.41, 5.74) is 0. The molecule has 1 amide bonds. The molecule has 1 heterocycles. The third-order valence-electron chi connectivity index (χ3n) is 1.69. The number of carbonyl (C=O) groups excluding carboxylic acids is 1. The molecular weight excluding hydrogens is 144 g/mol. The zero-order valence-corrected chi connectivity index (χ0v) is 6.41. The van der Waals surface area contributed by atoms with Gasteiger partial charge in [0.25, 0.3) is 5.91 Å². The van der Waals surface area contributed by atoms with Crippen molar-refractivity contribution >= 4 is 5.91 Å². The van der Waals surface area contributed by atoms with Crippen molar-refractivity contribution in [3.63, 3.8) is 0 Å². The van der Waals surface area contributed by atoms with Gasteiger partial charge in [0.1, 0.15) is 6.10 Å². The summed E-state index contributed by atoms with van der Waals surface area (Å²) in [6.45, 7) is 0.635. The number of carbonyl (C=O) groups is 1. The van der Waals surface area contributed by atoms with Gasteiger partial charge in [0, 0.05) is 13.7 Å². The molecule has 60 valence electrons. The summed E-state index contributed by atoms with van der Waals surface area (Å²) >= 11 is 0. The Morgan fingerprint density at radius 2 is 2.55 bits per heavy atom. The van der Waals surface area contributed by atoms with Crippen LogP contribution in [0, 0.1) is 11.5 Å². The molecule has 0 aromatic heterocycles. The fourth-order valence-electron chi connectivity index (χ4n) is 1.04. The van der Waals surface area contributed by atoms with Gasteiger partial charge >= 0.3 is 0 Å². The highest BCUT2D eigenvalue weighted by Gasteiger charge is 2.26. The first-order valence-electron chi connectivity index (χ1n) is 3.54. The van der Waals surface area contributed by atoms with Gasteiger partial charge in [-0.3, -0.25) is 4.79 Å². The molecule has 0 bridgehead atoms. The summed E-state index contributed by atoms with van der Waals surface area (Å²) in [6.07, 6.45) is 3.02. The van der Waals surface area contributed by atoms with E-state index in [1.165, 1.54) is 7.05 Å². The second-order valence-corrected chi connectivity index (χ2v) is 2.50. The number of ether oxygens (including phenoxy) is 1. The van der Waals surface area contributed by atoms with E-state index in [0.717, 1.165) is 17.7 Å². The normalized spacial score (nSPS) is 22.7. The third kappa shape index (κ3) is 1.69. The molecule has 0 radical (unpaired) electrons. The Morgan fingerprint density at radius 3 is 3.00 bits per heavy atom. The molecular formula is C7H10N2O2. The van der Waals surface area contributed by atoms with Gasteiger partial charge < -0.3 is 4.74 Å². The minimum absolute atomic E-state index is 0.231. The van der Waals surface area contributed by atoms with E-state index in [4.69, 9.17) is 10.00 Å². The maximum atomic E-state index is 11.2. The number of rotatable bonds is 1. The largest absolute Gasteiger partial charge is 0.368 e. The molecule has 4 nitrogen and oxygen atoms in total. The smallest absolute Gasteiger partial charge is 0.264 e. The zero-order chi connectivity index (χ0) is 8.27. The monoisotopic (exact) mass is 154 g/mol. The van der Waals surface area contributed by atoms with Crippen LogP contribution in [0.4, 0.5) is 0 Å². The number of amides is 1. The predicted octanol–water partition coefficient (Wildman–Crippen LogP) is 0.105. The molecule has 0 spiro atoms. The Kier molecular flexibility index (Phi) is 2.44. The van der Waals surface area contributed by atoms with E-state index < -0.39 is 0 Å². The molecule has 0 saturated carbocycles. The standard InChI is InChI=1S/C7H10N2O2/c1-9(5-8)7(10)6-3-2-4-11-6/h6H,2-4H2,1H3. The minimum atomic E-state index is -0.375. The fraction of sp³-hybridized carbons (Fsp3) is 0.714. The first-order chi connectivity index (χ1) is 5.25. The molecule has 1 aliphatic rings. The lowest BCUT2D eigenvalue weighted by atomic mass is 10.2. The average molecular weight is 154 g/mol. The highest BCUT2D eigenvalue weighted by molar-refractivity contribution is 5.82. The van der Waals surface area contributed by atoms with Crippen LogP contribution in [0.25, 0.3) is 0 Å². The lowest BCUT2D eigenvalue weighted by Crippen LogP contribution is -2.32. The minimum Gasteiger partial charge on any atom is -0.368 e. The molecule has 1 aliphatic heterocycles. The Hall–Kier alpha value is -1.08. The predicted molar refractivity (Wildman–Crippen MR) is 37.4 cm³/mol. The number of likely N-dealkylation sites (N-methyl/N-ethyl adjacent to an activating group) is 1. The van der Waals surface area contributed by atoms with Crippen molar-refractivity contribution in [3.8, 4) is 6.19 Å². The molecule has 1 rings (SSSR count). The summed E-state index contributed by atoms with van der Waals surface area (Å²) < 4.78 is 5.10. The lowest BCUT2D eigenvalue weighted by Gasteiger charge is -2.11. The van der Waals surface area contributed by atoms with Crippen molar-refractivity contribution in [2.75, 3.05) is 13.7 Å². The summed E-state index contributed by atoms with van der Waals surface area (Å²) in [5, 5.41) is 8.37. The van der Waals surface area contributed by atoms with Gasteiger partial charge in [-0.1, -0.05) is 0 Å². The van der Waals surface area contributed by atoms with Crippen molar-refractivity contribution < 1.29 is 9.53 Å². The summed E-state index contributed by atoms with van der Waals surface area (Å²) in [7, 11) is 1.45. The maximum Gasteiger partial charge on any atom is 0.264 e. The highest BCUT2D eigenvalue weighted by atomic mass is 16.5. The van der Waals surface area contributed by atoms with Gasteiger partial charge in [-0.05, 0) is 12.8 Å². The second-order valence-electron chi connectivity index (χ2n) is 2.50. The van der Waals surface area contributed by atoms with Gasteiger partial charge in [-0.25, -0.2) is 4.90 Å². The Balaban J connectivity index is 2.47. The van der Waals surface area contributed by atoms with Crippen molar-refractivity contribution in [3.05, 3.63) is 0 Å². The van der Waals surface area contributed by atoms with Crippen LogP contribution in [0.15, 0.2) is 0 Å². The van der Waals surface area contributed by atoms with Crippen LogP contribution in [0.5, 0.6) is 0 Å². The number of hydrogen-bond acceptors (Lipinski definition) is 3. The van der Waals surface area contributed by atoms with Gasteiger partial charge in [0.15, 0.2) is 6.19 Å². The molecule has 1 unspecified atom stereocenters. The van der Waals surface area contributed by atoms with Crippen LogP contribution in [0.2, 0.25) is 0 Å². The molecule has 1 atom stereocenters. The lowest BCUT2D eigenvalue weighted by molar-refractivity contribution is -0.136. The van der Waals surface area contributed by atoms with E-state index in [0.29, 0.717) is 6.61 Å². The first-order valence-corrected chi connectivity index (χ1v) is 3.54. The highest BCUT2D eigenvalue weighted by Crippen LogP contribution is 2.13. The summed E-state index contributed by atoms with van der Waals surface area (Å²) in [5.74, 6) is -0.231. The molecule has 0 N–H and O–H groups in total. The van der Waals surface area contributed by atoms with E-state index in [2.05, 4.69) is 0 Å². The van der Waals surface area contributed by atoms with Crippen LogP contribution < -0.4 is 0 Å². The van der Waals surface area contributed by atoms with E-state index in [9.17, 15) is 4.79 Å². The average Bonchev–Trinajstić information content (AvgIpc) is 2.53. The van der Waals surface area contributed by atoms with Crippen molar-refractivity contribution in [2.45, 2.75) is 18.9 Å². The van der Waals surface area contributed by atoms with Crippen LogP contribution in [0.3, 0.4) is 0 Å². The van der Waals surface area contributed by atoms with Crippen LogP contribution in [0.1, 0.15) is 12.8 Å². The molecule has 0 aromatic carbocycles. The van der Waals surface area contributed by atoms with E-state index >= 15 is 0 Å². The topological polar surface area (TPSA) is 53.3 Å². The van der Waals surface area contributed by atoms with Gasteiger partial charge in [-0.2, -0.15) is 5.26 Å². The van der Waals surface area contributed by atoms with Crippen LogP contribution in [-0.2, 0) is 9.53 Å². The maximum absolute atomic E-state index is 11.2. The molecule has 0 aliphatic carbocycles. The molecule has 4 heteroatoms. The van der Waals surface area contributed by atoms with Gasteiger partial charge in [0.05, 0.1) is 0 Å². The third-order valence-corrected chi connectivity index (χ3v) is 1.69. The number of hydrogen-bond donors (Lipinski definition) is 0. The fourth-order valence-corrected chi connectivity index (χ4v) is 1.04. The Bertz CT molecular complexity index is 191. The first kappa shape index (κ1) is 8.02. The van der Waals surface area contributed by atoms with Crippen molar-refractivity contribution in [2.24, 2.45) is 0 Å². The Labute approximate surface area is 65.4 Å². The Morgan fingerprint density at radius 1 is 1.82 bits per heavy atom. The van der Waals surface area contributed by atoms with E-state index in [1.54, 1.807) is 6.19 Å². The van der Waals surface area contributed by atoms with E-state index in [1.807, 2.05) is 0 Å². The SMILES string of the molecule is CN(C#N)C(=O)C1CCCO1. The van der Waals surface area contributed by atoms with Gasteiger partial charge in [-0.15, -0.1) is 0 Å². The van der Waals surface area contributed by atoms with E-state index in [-0.39, 0.29) is 12.0 Å². The quantitative estimate of drug-likeness (QED) is 0.397. The number of nitriles is 1. The second kappa shape index (κ2) is 3.35. The molecule has 1 fully saturated rings. The summed E-state index contributed by atoms with van der Waals surface area (Å²) in [6, 6.07) is 0. The van der Waals surface area contributed by atoms with Crippen molar-refractivity contribution in [1.82, 2.24) is 4.90 Å². The van der Waals surface area contributed by atoms with Crippen LogP contribution in [-0.4, -0.2) is 30.6 Å². The zero-order valence-electron chi connectivity index (χ0n) is 6.41. The molecule has 1 saturated heterocycles. The summed E-state index contributed by atoms with van der Waals surface area (Å²) in [4.78, 5) is 12.2. The van der Waals surface area contributed by atoms with Crippen molar-refractivity contribution in [1.29, 1.82) is 5.26 Å². The number of nitrogens with zero attached hydrogens (tertiary/aromatic N) is 2. The molecule has 11 heavy (non-hydrogen) atoms. The van der Waals surface area contributed by atoms with Gasteiger partial charge in [0.2, 0.25) is 0 Å². The molecule has 0 aromatic rings. The van der Waals surface area contributed by atoms with Crippen LogP contribution >= 0.6 is 0 Å².